The van der Waals surface area contributed by atoms with Crippen LogP contribution in [0, 0.1) is 13.8 Å². The number of likely N-dealkylation sites (tertiary alicyclic amines) is 1. The van der Waals surface area contributed by atoms with Gasteiger partial charge in [0, 0.05) is 29.2 Å². The number of Topliss-reactive ketones (excluding diaryl/α,β-unsaturated/α-hetero) is 1. The fourth-order valence-electron chi connectivity index (χ4n) is 4.79. The average molecular weight is 494 g/mol. The summed E-state index contributed by atoms with van der Waals surface area (Å²) in [5.74, 6) is 2.08. The Morgan fingerprint density at radius 2 is 1.89 bits per heavy atom. The van der Waals surface area contributed by atoms with E-state index in [9.17, 15) is 4.79 Å². The lowest BCUT2D eigenvalue weighted by atomic mass is 10.1. The summed E-state index contributed by atoms with van der Waals surface area (Å²) in [4.78, 5) is 15.7. The van der Waals surface area contributed by atoms with Crippen LogP contribution in [0.15, 0.2) is 48.1 Å². The van der Waals surface area contributed by atoms with Crippen LogP contribution < -0.4 is 4.74 Å². The van der Waals surface area contributed by atoms with Gasteiger partial charge in [0.25, 0.3) is 0 Å². The number of piperidine rings is 1. The molecule has 0 radical (unpaired) electrons. The van der Waals surface area contributed by atoms with Crippen LogP contribution in [0.25, 0.3) is 5.69 Å². The lowest BCUT2D eigenvalue weighted by Gasteiger charge is -2.31. The van der Waals surface area contributed by atoms with Gasteiger partial charge in [0.15, 0.2) is 16.8 Å². The molecule has 2 aromatic heterocycles. The van der Waals surface area contributed by atoms with Crippen molar-refractivity contribution in [2.75, 3.05) is 26.0 Å². The molecule has 0 saturated carbocycles. The topological polar surface area (TPSA) is 65.2 Å². The smallest absolute Gasteiger partial charge is 0.196 e. The maximum atomic E-state index is 13.2. The summed E-state index contributed by atoms with van der Waals surface area (Å²) >= 11 is 1.44. The second-order valence-corrected chi connectivity index (χ2v) is 9.99. The molecule has 3 aromatic rings. The van der Waals surface area contributed by atoms with Crippen LogP contribution >= 0.6 is 11.8 Å². The number of ether oxygens (including phenoxy) is 1. The molecule has 1 fully saturated rings. The van der Waals surface area contributed by atoms with Gasteiger partial charge in [-0.1, -0.05) is 24.3 Å². The van der Waals surface area contributed by atoms with E-state index in [0.717, 1.165) is 52.5 Å². The maximum Gasteiger partial charge on any atom is 0.196 e. The molecule has 4 rings (SSSR count). The SMILES string of the molecule is C=CCn1c(C)cc(C(=O)CSc2nnc(C(C)N3CCCCC3)n2-c2ccc(OC)cc2)c1C. The van der Waals surface area contributed by atoms with Gasteiger partial charge in [0.1, 0.15) is 5.75 Å². The molecule has 1 unspecified atom stereocenters. The lowest BCUT2D eigenvalue weighted by molar-refractivity contribution is 0.102. The zero-order valence-electron chi connectivity index (χ0n) is 21.2. The number of carbonyl (C=O) groups excluding carboxylic acids is 1. The van der Waals surface area contributed by atoms with Gasteiger partial charge in [-0.25, -0.2) is 0 Å². The minimum Gasteiger partial charge on any atom is -0.497 e. The van der Waals surface area contributed by atoms with Crippen LogP contribution in [0.2, 0.25) is 0 Å². The molecule has 7 nitrogen and oxygen atoms in total. The highest BCUT2D eigenvalue weighted by Crippen LogP contribution is 2.30. The normalized spacial score (nSPS) is 15.2. The number of carbonyl (C=O) groups is 1. The molecule has 0 N–H and O–H groups in total. The summed E-state index contributed by atoms with van der Waals surface area (Å²) in [6.45, 7) is 12.9. The Bertz CT molecular complexity index is 1180. The molecule has 8 heteroatoms. The van der Waals surface area contributed by atoms with Crippen molar-refractivity contribution in [3.63, 3.8) is 0 Å². The van der Waals surface area contributed by atoms with E-state index in [1.165, 1.54) is 31.0 Å². The van der Waals surface area contributed by atoms with Gasteiger partial charge in [0.05, 0.1) is 18.9 Å². The van der Waals surface area contributed by atoms with E-state index in [1.54, 1.807) is 7.11 Å². The highest BCUT2D eigenvalue weighted by Gasteiger charge is 2.26. The first-order chi connectivity index (χ1) is 16.9. The third-order valence-corrected chi connectivity index (χ3v) is 7.75. The number of aromatic nitrogens is 4. The van der Waals surface area contributed by atoms with Crippen LogP contribution in [0.3, 0.4) is 0 Å². The molecular weight excluding hydrogens is 458 g/mol. The van der Waals surface area contributed by atoms with Gasteiger partial charge in [-0.15, -0.1) is 16.8 Å². The number of rotatable bonds is 10. The van der Waals surface area contributed by atoms with Crippen LogP contribution in [0.1, 0.15) is 59.8 Å². The predicted molar refractivity (Wildman–Crippen MR) is 141 cm³/mol. The van der Waals surface area contributed by atoms with E-state index in [2.05, 4.69) is 37.7 Å². The van der Waals surface area contributed by atoms with E-state index in [0.29, 0.717) is 12.3 Å². The molecule has 0 aliphatic carbocycles. The molecule has 35 heavy (non-hydrogen) atoms. The largest absolute Gasteiger partial charge is 0.497 e. The molecule has 0 amide bonds. The minimum absolute atomic E-state index is 0.0910. The Balaban J connectivity index is 1.61. The predicted octanol–water partition coefficient (Wildman–Crippen LogP) is 5.40. The number of ketones is 1. The van der Waals surface area contributed by atoms with Crippen molar-refractivity contribution in [3.05, 3.63) is 65.8 Å². The Morgan fingerprint density at radius 3 is 2.54 bits per heavy atom. The summed E-state index contributed by atoms with van der Waals surface area (Å²) in [5.41, 5.74) is 3.77. The van der Waals surface area contributed by atoms with Gasteiger partial charge >= 0.3 is 0 Å². The monoisotopic (exact) mass is 493 g/mol. The Kier molecular flexibility index (Phi) is 8.13. The Morgan fingerprint density at radius 1 is 1.17 bits per heavy atom. The molecule has 0 bridgehead atoms. The second kappa shape index (κ2) is 11.3. The molecular formula is C27H35N5O2S. The number of hydrogen-bond acceptors (Lipinski definition) is 6. The highest BCUT2D eigenvalue weighted by atomic mass is 32.2. The fourth-order valence-corrected chi connectivity index (χ4v) is 5.63. The van der Waals surface area contributed by atoms with Crippen molar-refractivity contribution >= 4 is 17.5 Å². The zero-order valence-corrected chi connectivity index (χ0v) is 22.0. The number of aryl methyl sites for hydroxylation is 1. The van der Waals surface area contributed by atoms with Crippen LogP contribution in [-0.4, -0.2) is 56.0 Å². The van der Waals surface area contributed by atoms with Gasteiger partial charge in [-0.3, -0.25) is 14.3 Å². The number of hydrogen-bond donors (Lipinski definition) is 0. The van der Waals surface area contributed by atoms with E-state index >= 15 is 0 Å². The molecule has 186 valence electrons. The summed E-state index contributed by atoms with van der Waals surface area (Å²) in [7, 11) is 1.66. The lowest BCUT2D eigenvalue weighted by Crippen LogP contribution is -2.33. The molecule has 0 spiro atoms. The second-order valence-electron chi connectivity index (χ2n) is 9.04. The Labute approximate surface area is 212 Å². The molecule has 1 aromatic carbocycles. The number of benzene rings is 1. The van der Waals surface area contributed by atoms with E-state index in [4.69, 9.17) is 4.74 Å². The van der Waals surface area contributed by atoms with Gasteiger partial charge in [-0.2, -0.15) is 0 Å². The molecule has 1 atom stereocenters. The Hall–Kier alpha value is -2.84. The minimum atomic E-state index is 0.0910. The quantitative estimate of drug-likeness (QED) is 0.214. The van der Waals surface area contributed by atoms with E-state index in [1.807, 2.05) is 50.3 Å². The van der Waals surface area contributed by atoms with Crippen molar-refractivity contribution < 1.29 is 9.53 Å². The van der Waals surface area contributed by atoms with Crippen LogP contribution in [0.5, 0.6) is 5.75 Å². The van der Waals surface area contributed by atoms with Crippen molar-refractivity contribution in [1.29, 1.82) is 0 Å². The molecule has 1 aliphatic rings. The summed E-state index contributed by atoms with van der Waals surface area (Å²) in [6, 6.07) is 10.0. The zero-order chi connectivity index (χ0) is 24.9. The number of thioether (sulfide) groups is 1. The van der Waals surface area contributed by atoms with Crippen LogP contribution in [0.4, 0.5) is 0 Å². The summed E-state index contributed by atoms with van der Waals surface area (Å²) in [5, 5.41) is 9.88. The average Bonchev–Trinajstić information content (AvgIpc) is 3.44. The van der Waals surface area contributed by atoms with Crippen LogP contribution in [-0.2, 0) is 6.54 Å². The van der Waals surface area contributed by atoms with E-state index in [-0.39, 0.29) is 11.8 Å². The molecule has 1 saturated heterocycles. The van der Waals surface area contributed by atoms with Gasteiger partial charge in [0.2, 0.25) is 0 Å². The molecule has 1 aliphatic heterocycles. The number of nitrogens with zero attached hydrogens (tertiary/aromatic N) is 5. The number of methoxy groups -OCH3 is 1. The summed E-state index contributed by atoms with van der Waals surface area (Å²) in [6.07, 6.45) is 5.55. The number of allylic oxidation sites excluding steroid dienone is 1. The van der Waals surface area contributed by atoms with Crippen molar-refractivity contribution in [2.24, 2.45) is 0 Å². The third-order valence-electron chi connectivity index (χ3n) is 6.82. The fraction of sp³-hybridized carbons (Fsp3) is 0.444. The van der Waals surface area contributed by atoms with E-state index < -0.39 is 0 Å². The van der Waals surface area contributed by atoms with Gasteiger partial charge in [-0.05, 0) is 77.0 Å². The summed E-state index contributed by atoms with van der Waals surface area (Å²) < 4.78 is 9.56. The molecule has 3 heterocycles. The highest BCUT2D eigenvalue weighted by molar-refractivity contribution is 7.99. The van der Waals surface area contributed by atoms with Gasteiger partial charge < -0.3 is 9.30 Å². The third kappa shape index (κ3) is 5.38. The first kappa shape index (κ1) is 25.3. The van der Waals surface area contributed by atoms with Crippen molar-refractivity contribution in [2.45, 2.75) is 57.8 Å². The first-order valence-electron chi connectivity index (χ1n) is 12.2. The van der Waals surface area contributed by atoms with Crippen molar-refractivity contribution in [3.8, 4) is 11.4 Å². The van der Waals surface area contributed by atoms with Crippen molar-refractivity contribution in [1.82, 2.24) is 24.2 Å². The standard InChI is InChI=1S/C27H35N5O2S/c1-6-14-31-19(2)17-24(20(31)3)25(33)18-35-27-29-28-26(21(4)30-15-8-7-9-16-30)32(27)22-10-12-23(34-5)13-11-22/h6,10-13,17,21H,1,7-9,14-16,18H2,2-5H3. The maximum absolute atomic E-state index is 13.2. The first-order valence-corrected chi connectivity index (χ1v) is 13.2.